The zero-order valence-electron chi connectivity index (χ0n) is 13.6. The summed E-state index contributed by atoms with van der Waals surface area (Å²) < 4.78 is 27.1. The van der Waals surface area contributed by atoms with Crippen molar-refractivity contribution in [2.24, 2.45) is 0 Å². The van der Waals surface area contributed by atoms with Crippen molar-refractivity contribution < 1.29 is 13.2 Å². The molecule has 0 amide bonds. The first kappa shape index (κ1) is 18.0. The number of hydrogen-bond acceptors (Lipinski definition) is 5. The maximum Gasteiger partial charge on any atom is 0.216 e. The van der Waals surface area contributed by atoms with E-state index in [9.17, 15) is 13.2 Å². The molecule has 3 aromatic rings. The van der Waals surface area contributed by atoms with Gasteiger partial charge in [-0.2, -0.15) is 11.3 Å². The molecule has 2 aromatic heterocycles. The normalized spacial score (nSPS) is 11.6. The van der Waals surface area contributed by atoms with Crippen molar-refractivity contribution in [1.29, 1.82) is 0 Å². The Kier molecular flexibility index (Phi) is 5.48. The zero-order chi connectivity index (χ0) is 17.9. The van der Waals surface area contributed by atoms with Crippen LogP contribution >= 0.6 is 22.7 Å². The second kappa shape index (κ2) is 7.61. The van der Waals surface area contributed by atoms with Crippen LogP contribution in [0.15, 0.2) is 53.2 Å². The molecule has 0 aliphatic heterocycles. The van der Waals surface area contributed by atoms with E-state index in [0.29, 0.717) is 10.4 Å². The Hall–Kier alpha value is -1.80. The number of hydrogen-bond donors (Lipinski definition) is 1. The van der Waals surface area contributed by atoms with Gasteiger partial charge in [0.15, 0.2) is 0 Å². The first-order valence-corrected chi connectivity index (χ1v) is 11.0. The van der Waals surface area contributed by atoms with Crippen molar-refractivity contribution in [2.45, 2.75) is 19.2 Å². The summed E-state index contributed by atoms with van der Waals surface area (Å²) in [6.07, 6.45) is 0. The Morgan fingerprint density at radius 3 is 2.72 bits per heavy atom. The van der Waals surface area contributed by atoms with Gasteiger partial charge in [0.2, 0.25) is 15.8 Å². The molecule has 1 aromatic carbocycles. The zero-order valence-corrected chi connectivity index (χ0v) is 16.0. The number of ketones is 1. The maximum absolute atomic E-state index is 12.3. The van der Waals surface area contributed by atoms with Crippen molar-refractivity contribution in [3.05, 3.63) is 79.7 Å². The Bertz CT molecular complexity index is 973. The highest BCUT2D eigenvalue weighted by Crippen LogP contribution is 2.21. The number of sulfonamides is 1. The number of nitrogens with one attached hydrogen (secondary N) is 1. The first-order chi connectivity index (χ1) is 11.9. The number of aryl methyl sites for hydroxylation is 1. The fraction of sp³-hybridized carbons (Fsp3) is 0.167. The summed E-state index contributed by atoms with van der Waals surface area (Å²) in [5, 5.41) is 3.67. The van der Waals surface area contributed by atoms with Crippen LogP contribution in [0.2, 0.25) is 0 Å². The summed E-state index contributed by atoms with van der Waals surface area (Å²) in [6, 6.07) is 12.8. The minimum absolute atomic E-state index is 0.0277. The van der Waals surface area contributed by atoms with Crippen molar-refractivity contribution in [3.63, 3.8) is 0 Å². The van der Waals surface area contributed by atoms with Gasteiger partial charge in [0.1, 0.15) is 0 Å². The monoisotopic (exact) mass is 391 g/mol. The third-order valence-corrected chi connectivity index (χ3v) is 6.64. The van der Waals surface area contributed by atoms with Gasteiger partial charge in [0.25, 0.3) is 0 Å². The lowest BCUT2D eigenvalue weighted by Crippen LogP contribution is -2.24. The molecule has 0 saturated heterocycles. The van der Waals surface area contributed by atoms with Crippen molar-refractivity contribution in [2.75, 3.05) is 0 Å². The minimum atomic E-state index is -3.43. The third kappa shape index (κ3) is 4.85. The minimum Gasteiger partial charge on any atom is -0.288 e. The number of carbonyl (C=O) groups excluding carboxylic acids is 1. The van der Waals surface area contributed by atoms with Crippen LogP contribution in [-0.4, -0.2) is 14.2 Å². The summed E-state index contributed by atoms with van der Waals surface area (Å²) in [5.41, 5.74) is 2.45. The Morgan fingerprint density at radius 1 is 1.16 bits per heavy atom. The topological polar surface area (TPSA) is 63.2 Å². The van der Waals surface area contributed by atoms with Crippen LogP contribution in [0, 0.1) is 6.92 Å². The molecule has 0 radical (unpaired) electrons. The van der Waals surface area contributed by atoms with Gasteiger partial charge in [-0.3, -0.25) is 4.79 Å². The molecule has 0 saturated carbocycles. The average Bonchev–Trinajstić information content (AvgIpc) is 3.24. The fourth-order valence-corrected chi connectivity index (χ4v) is 5.12. The summed E-state index contributed by atoms with van der Waals surface area (Å²) in [6.45, 7) is 2.12. The molecule has 25 heavy (non-hydrogen) atoms. The standard InChI is InChI=1S/C18H17NO3S3/c1-13-3-2-4-14(9-13)12-25(21,22)19-10-16-5-6-17(24-16)18(20)15-7-8-23-11-15/h2-9,11,19H,10,12H2,1H3. The highest BCUT2D eigenvalue weighted by molar-refractivity contribution is 7.88. The second-order valence-electron chi connectivity index (χ2n) is 5.68. The summed E-state index contributed by atoms with van der Waals surface area (Å²) in [5.74, 6) is -0.0825. The van der Waals surface area contributed by atoms with Gasteiger partial charge in [-0.05, 0) is 36.1 Å². The van der Waals surface area contributed by atoms with E-state index in [2.05, 4.69) is 4.72 Å². The lowest BCUT2D eigenvalue weighted by molar-refractivity contribution is 0.104. The molecule has 130 valence electrons. The van der Waals surface area contributed by atoms with E-state index in [1.165, 1.54) is 22.7 Å². The Labute approximate surface area is 155 Å². The first-order valence-electron chi connectivity index (χ1n) is 7.61. The molecule has 1 N–H and O–H groups in total. The third-order valence-electron chi connectivity index (χ3n) is 3.57. The van der Waals surface area contributed by atoms with E-state index in [1.807, 2.05) is 35.9 Å². The molecule has 3 rings (SSSR count). The van der Waals surface area contributed by atoms with Crippen LogP contribution in [0.1, 0.15) is 31.2 Å². The van der Waals surface area contributed by atoms with E-state index < -0.39 is 10.0 Å². The lowest BCUT2D eigenvalue weighted by atomic mass is 10.2. The second-order valence-corrected chi connectivity index (χ2v) is 9.43. The maximum atomic E-state index is 12.3. The van der Waals surface area contributed by atoms with Crippen molar-refractivity contribution in [3.8, 4) is 0 Å². The number of thiophene rings is 2. The van der Waals surface area contributed by atoms with E-state index in [1.54, 1.807) is 24.3 Å². The van der Waals surface area contributed by atoms with Crippen LogP contribution in [0.5, 0.6) is 0 Å². The molecule has 0 atom stereocenters. The fourth-order valence-electron chi connectivity index (χ4n) is 2.38. The van der Waals surface area contributed by atoms with Crippen molar-refractivity contribution in [1.82, 2.24) is 4.72 Å². The van der Waals surface area contributed by atoms with E-state index in [4.69, 9.17) is 0 Å². The number of benzene rings is 1. The van der Waals surface area contributed by atoms with Gasteiger partial charge in [-0.15, -0.1) is 11.3 Å². The summed E-state index contributed by atoms with van der Waals surface area (Å²) in [4.78, 5) is 13.7. The van der Waals surface area contributed by atoms with Gasteiger partial charge < -0.3 is 0 Å². The Balaban J connectivity index is 1.62. The van der Waals surface area contributed by atoms with E-state index >= 15 is 0 Å². The smallest absolute Gasteiger partial charge is 0.216 e. The number of carbonyl (C=O) groups is 1. The van der Waals surface area contributed by atoms with Gasteiger partial charge in [0, 0.05) is 22.4 Å². The quantitative estimate of drug-likeness (QED) is 0.620. The van der Waals surface area contributed by atoms with Gasteiger partial charge in [-0.1, -0.05) is 29.8 Å². The van der Waals surface area contributed by atoms with Crippen molar-refractivity contribution >= 4 is 38.5 Å². The van der Waals surface area contributed by atoms with Crippen LogP contribution in [-0.2, 0) is 22.3 Å². The molecule has 0 aliphatic rings. The predicted octanol–water partition coefficient (Wildman–Crippen LogP) is 3.97. The molecule has 4 nitrogen and oxygen atoms in total. The molecule has 0 bridgehead atoms. The van der Waals surface area contributed by atoms with Crippen LogP contribution in [0.3, 0.4) is 0 Å². The predicted molar refractivity (Wildman–Crippen MR) is 103 cm³/mol. The number of rotatable bonds is 7. The largest absolute Gasteiger partial charge is 0.288 e. The highest BCUT2D eigenvalue weighted by atomic mass is 32.2. The van der Waals surface area contributed by atoms with E-state index in [0.717, 1.165) is 16.0 Å². The van der Waals surface area contributed by atoms with Gasteiger partial charge >= 0.3 is 0 Å². The molecule has 0 aliphatic carbocycles. The molecule has 0 spiro atoms. The summed E-state index contributed by atoms with van der Waals surface area (Å²) in [7, 11) is -3.43. The SMILES string of the molecule is Cc1cccc(CS(=O)(=O)NCc2ccc(C(=O)c3ccsc3)s2)c1. The van der Waals surface area contributed by atoms with Crippen LogP contribution < -0.4 is 4.72 Å². The highest BCUT2D eigenvalue weighted by Gasteiger charge is 2.15. The average molecular weight is 392 g/mol. The molecular formula is C18H17NO3S3. The van der Waals surface area contributed by atoms with Crippen LogP contribution in [0.25, 0.3) is 0 Å². The molecular weight excluding hydrogens is 374 g/mol. The molecule has 7 heteroatoms. The molecule has 2 heterocycles. The molecule has 0 unspecified atom stereocenters. The van der Waals surface area contributed by atoms with Crippen LogP contribution in [0.4, 0.5) is 0 Å². The van der Waals surface area contributed by atoms with Gasteiger partial charge in [-0.25, -0.2) is 13.1 Å². The Morgan fingerprint density at radius 2 is 2.00 bits per heavy atom. The van der Waals surface area contributed by atoms with E-state index in [-0.39, 0.29) is 18.1 Å². The molecule has 0 fully saturated rings. The summed E-state index contributed by atoms with van der Waals surface area (Å²) >= 11 is 2.79. The lowest BCUT2D eigenvalue weighted by Gasteiger charge is -2.06. The van der Waals surface area contributed by atoms with Gasteiger partial charge in [0.05, 0.1) is 10.6 Å².